The maximum atomic E-state index is 8.88. The molecule has 2 fully saturated rings. The number of hydrogen-bond acceptors (Lipinski definition) is 5. The van der Waals surface area contributed by atoms with Gasteiger partial charge in [-0.05, 0) is 44.8 Å². The third-order valence-corrected chi connectivity index (χ3v) is 4.70. The van der Waals surface area contributed by atoms with Crippen LogP contribution in [-0.2, 0) is 0 Å². The van der Waals surface area contributed by atoms with Crippen molar-refractivity contribution in [3.63, 3.8) is 0 Å². The Bertz CT molecular complexity index is 522. The van der Waals surface area contributed by atoms with E-state index in [0.29, 0.717) is 11.3 Å². The van der Waals surface area contributed by atoms with Gasteiger partial charge in [0.1, 0.15) is 6.07 Å². The van der Waals surface area contributed by atoms with Crippen LogP contribution in [0.4, 0.5) is 11.5 Å². The van der Waals surface area contributed by atoms with E-state index in [1.165, 1.54) is 45.2 Å². The van der Waals surface area contributed by atoms with Crippen molar-refractivity contribution >= 4 is 11.5 Å². The topological polar surface area (TPSA) is 69.2 Å². The van der Waals surface area contributed by atoms with Crippen molar-refractivity contribution < 1.29 is 0 Å². The van der Waals surface area contributed by atoms with Gasteiger partial charge in [0.15, 0.2) is 5.82 Å². The van der Waals surface area contributed by atoms with E-state index in [0.717, 1.165) is 24.9 Å². The lowest BCUT2D eigenvalue weighted by Gasteiger charge is -2.40. The fourth-order valence-electron chi connectivity index (χ4n) is 3.53. The molecule has 1 aromatic heterocycles. The Morgan fingerprint density at radius 3 is 2.48 bits per heavy atom. The van der Waals surface area contributed by atoms with Crippen LogP contribution in [-0.4, -0.2) is 42.1 Å². The molecule has 112 valence electrons. The van der Waals surface area contributed by atoms with Gasteiger partial charge in [-0.3, -0.25) is 0 Å². The second kappa shape index (κ2) is 6.31. The molecule has 3 rings (SSSR count). The van der Waals surface area contributed by atoms with Crippen molar-refractivity contribution in [3.05, 3.63) is 17.8 Å². The van der Waals surface area contributed by atoms with Crippen LogP contribution in [0, 0.1) is 11.3 Å². The fourth-order valence-corrected chi connectivity index (χ4v) is 3.53. The average Bonchev–Trinajstić information content (AvgIpc) is 2.56. The second-order valence-electron chi connectivity index (χ2n) is 6.06. The van der Waals surface area contributed by atoms with Gasteiger partial charge < -0.3 is 15.5 Å². The van der Waals surface area contributed by atoms with E-state index in [-0.39, 0.29) is 0 Å². The van der Waals surface area contributed by atoms with Gasteiger partial charge in [0, 0.05) is 25.3 Å². The van der Waals surface area contributed by atoms with Crippen LogP contribution < -0.4 is 10.6 Å². The van der Waals surface area contributed by atoms with Crippen LogP contribution in [0.2, 0.25) is 0 Å². The van der Waals surface area contributed by atoms with Crippen molar-refractivity contribution in [1.82, 2.24) is 9.88 Å². The first-order valence-corrected chi connectivity index (χ1v) is 7.92. The number of nitrogen functional groups attached to an aromatic ring is 1. The van der Waals surface area contributed by atoms with Crippen molar-refractivity contribution in [2.24, 2.45) is 0 Å². The Balaban J connectivity index is 1.61. The minimum atomic E-state index is 0.527. The van der Waals surface area contributed by atoms with E-state index < -0.39 is 0 Å². The average molecular weight is 285 g/mol. The quantitative estimate of drug-likeness (QED) is 0.900. The molecule has 2 aliphatic heterocycles. The number of likely N-dealkylation sites (tertiary alicyclic amines) is 1. The third kappa shape index (κ3) is 3.11. The largest absolute Gasteiger partial charge is 0.396 e. The number of nitrogens with two attached hydrogens (primary N) is 1. The van der Waals surface area contributed by atoms with Crippen molar-refractivity contribution in [3.8, 4) is 6.07 Å². The number of aromatic nitrogens is 1. The zero-order chi connectivity index (χ0) is 14.7. The number of nitriles is 1. The zero-order valence-corrected chi connectivity index (χ0v) is 12.5. The molecule has 5 nitrogen and oxygen atoms in total. The first-order valence-electron chi connectivity index (χ1n) is 7.92. The molecule has 0 aliphatic carbocycles. The summed E-state index contributed by atoms with van der Waals surface area (Å²) in [5, 5.41) is 8.88. The smallest absolute Gasteiger partial charge is 0.151 e. The highest BCUT2D eigenvalue weighted by Crippen LogP contribution is 2.27. The molecule has 0 aromatic carbocycles. The minimum Gasteiger partial charge on any atom is -0.396 e. The van der Waals surface area contributed by atoms with Gasteiger partial charge in [-0.1, -0.05) is 6.42 Å². The number of hydrogen-bond donors (Lipinski definition) is 1. The zero-order valence-electron chi connectivity index (χ0n) is 12.5. The number of anilines is 2. The molecular weight excluding hydrogens is 262 g/mol. The van der Waals surface area contributed by atoms with Gasteiger partial charge >= 0.3 is 0 Å². The Kier molecular flexibility index (Phi) is 4.26. The lowest BCUT2D eigenvalue weighted by molar-refractivity contribution is 0.141. The molecule has 2 saturated heterocycles. The van der Waals surface area contributed by atoms with Crippen LogP contribution in [0.25, 0.3) is 0 Å². The summed E-state index contributed by atoms with van der Waals surface area (Å²) in [7, 11) is 0. The van der Waals surface area contributed by atoms with E-state index in [2.05, 4.69) is 20.9 Å². The lowest BCUT2D eigenvalue weighted by Crippen LogP contribution is -2.47. The molecule has 1 aromatic rings. The Labute approximate surface area is 126 Å². The van der Waals surface area contributed by atoms with E-state index in [1.807, 2.05) is 0 Å². The van der Waals surface area contributed by atoms with Crippen LogP contribution in [0.1, 0.15) is 37.7 Å². The van der Waals surface area contributed by atoms with E-state index in [1.54, 1.807) is 12.3 Å². The predicted octanol–water partition coefficient (Wildman–Crippen LogP) is 1.99. The van der Waals surface area contributed by atoms with Gasteiger partial charge in [-0.25, -0.2) is 4.98 Å². The summed E-state index contributed by atoms with van der Waals surface area (Å²) in [6.45, 7) is 4.54. The Morgan fingerprint density at radius 1 is 1.14 bits per heavy atom. The number of rotatable bonds is 2. The predicted molar refractivity (Wildman–Crippen MR) is 84.0 cm³/mol. The fraction of sp³-hybridized carbons (Fsp3) is 0.625. The van der Waals surface area contributed by atoms with Gasteiger partial charge in [0.2, 0.25) is 0 Å². The summed E-state index contributed by atoms with van der Waals surface area (Å²) in [5.74, 6) is 0.839. The SMILES string of the molecule is N#Cc1cnc(N2CCC(N3CCCCC3)CC2)c(N)c1. The molecule has 0 amide bonds. The monoisotopic (exact) mass is 285 g/mol. The van der Waals surface area contributed by atoms with Gasteiger partial charge in [0.05, 0.1) is 11.3 Å². The highest BCUT2D eigenvalue weighted by atomic mass is 15.2. The number of pyridine rings is 1. The summed E-state index contributed by atoms with van der Waals surface area (Å²) in [5.41, 5.74) is 7.18. The summed E-state index contributed by atoms with van der Waals surface area (Å²) < 4.78 is 0. The normalized spacial score (nSPS) is 21.2. The van der Waals surface area contributed by atoms with Crippen LogP contribution in [0.3, 0.4) is 0 Å². The molecule has 0 radical (unpaired) electrons. The molecular formula is C16H23N5. The van der Waals surface area contributed by atoms with Gasteiger partial charge in [-0.15, -0.1) is 0 Å². The van der Waals surface area contributed by atoms with Crippen LogP contribution in [0.15, 0.2) is 12.3 Å². The highest BCUT2D eigenvalue weighted by molar-refractivity contribution is 5.64. The van der Waals surface area contributed by atoms with Gasteiger partial charge in [0.25, 0.3) is 0 Å². The summed E-state index contributed by atoms with van der Waals surface area (Å²) >= 11 is 0. The van der Waals surface area contributed by atoms with Crippen LogP contribution in [0.5, 0.6) is 0 Å². The standard InChI is InChI=1S/C16H23N5/c17-11-13-10-15(18)16(19-12-13)21-8-4-14(5-9-21)20-6-2-1-3-7-20/h10,12,14H,1-9,18H2. The minimum absolute atomic E-state index is 0.527. The first kappa shape index (κ1) is 14.2. The molecule has 0 atom stereocenters. The van der Waals surface area contributed by atoms with E-state index in [9.17, 15) is 0 Å². The molecule has 21 heavy (non-hydrogen) atoms. The number of nitrogens with zero attached hydrogens (tertiary/aromatic N) is 4. The molecule has 0 unspecified atom stereocenters. The molecule has 5 heteroatoms. The third-order valence-electron chi connectivity index (χ3n) is 4.70. The summed E-state index contributed by atoms with van der Waals surface area (Å²) in [4.78, 5) is 9.30. The molecule has 2 aliphatic rings. The second-order valence-corrected chi connectivity index (χ2v) is 6.06. The molecule has 0 saturated carbocycles. The van der Waals surface area contributed by atoms with Crippen molar-refractivity contribution in [1.29, 1.82) is 5.26 Å². The molecule has 3 heterocycles. The van der Waals surface area contributed by atoms with Crippen molar-refractivity contribution in [2.75, 3.05) is 36.8 Å². The van der Waals surface area contributed by atoms with E-state index in [4.69, 9.17) is 11.0 Å². The molecule has 0 spiro atoms. The Morgan fingerprint density at radius 2 is 1.86 bits per heavy atom. The lowest BCUT2D eigenvalue weighted by atomic mass is 10.00. The highest BCUT2D eigenvalue weighted by Gasteiger charge is 2.26. The number of piperidine rings is 2. The van der Waals surface area contributed by atoms with Crippen LogP contribution >= 0.6 is 0 Å². The Hall–Kier alpha value is -1.80. The van der Waals surface area contributed by atoms with E-state index >= 15 is 0 Å². The maximum Gasteiger partial charge on any atom is 0.151 e. The first-order chi connectivity index (χ1) is 10.3. The summed E-state index contributed by atoms with van der Waals surface area (Å²) in [6, 6.07) is 4.52. The maximum absolute atomic E-state index is 8.88. The molecule has 2 N–H and O–H groups in total. The van der Waals surface area contributed by atoms with Crippen molar-refractivity contribution in [2.45, 2.75) is 38.1 Å². The molecule has 0 bridgehead atoms. The van der Waals surface area contributed by atoms with Gasteiger partial charge in [-0.2, -0.15) is 5.26 Å². The summed E-state index contributed by atoms with van der Waals surface area (Å²) in [6.07, 6.45) is 8.07.